The van der Waals surface area contributed by atoms with Crippen LogP contribution < -0.4 is 4.72 Å². The molecule has 6 heteroatoms. The van der Waals surface area contributed by atoms with Crippen LogP contribution in [0.15, 0.2) is 0 Å². The molecular weight excluding hydrogens is 242 g/mol. The highest BCUT2D eigenvalue weighted by atomic mass is 32.2. The van der Waals surface area contributed by atoms with Gasteiger partial charge in [0.15, 0.2) is 0 Å². The minimum Gasteiger partial charge on any atom is -0.481 e. The Morgan fingerprint density at radius 3 is 2.00 bits per heavy atom. The van der Waals surface area contributed by atoms with E-state index < -0.39 is 16.0 Å². The van der Waals surface area contributed by atoms with Crippen molar-refractivity contribution in [1.29, 1.82) is 0 Å². The van der Waals surface area contributed by atoms with Crippen molar-refractivity contribution in [2.45, 2.75) is 34.1 Å². The minimum absolute atomic E-state index is 0.259. The zero-order chi connectivity index (χ0) is 13.6. The van der Waals surface area contributed by atoms with Gasteiger partial charge in [-0.3, -0.25) is 4.79 Å². The second kappa shape index (κ2) is 6.96. The third kappa shape index (κ3) is 7.33. The molecule has 0 radical (unpaired) electrons. The van der Waals surface area contributed by atoms with Crippen molar-refractivity contribution in [3.05, 3.63) is 0 Å². The number of rotatable bonds is 8. The molecule has 0 aromatic rings. The average Bonchev–Trinajstić information content (AvgIpc) is 2.13. The van der Waals surface area contributed by atoms with Gasteiger partial charge in [-0.1, -0.05) is 27.7 Å². The molecule has 0 aromatic carbocycles. The number of carbonyl (C=O) groups is 1. The number of carboxylic acid groups (broad SMARTS) is 1. The first-order valence-electron chi connectivity index (χ1n) is 5.85. The van der Waals surface area contributed by atoms with E-state index in [2.05, 4.69) is 32.4 Å². The van der Waals surface area contributed by atoms with Crippen molar-refractivity contribution in [1.82, 2.24) is 4.72 Å². The quantitative estimate of drug-likeness (QED) is 0.693. The van der Waals surface area contributed by atoms with Crippen LogP contribution in [0.2, 0.25) is 0 Å². The van der Waals surface area contributed by atoms with E-state index in [4.69, 9.17) is 5.11 Å². The van der Waals surface area contributed by atoms with Gasteiger partial charge in [0.1, 0.15) is 0 Å². The molecule has 0 bridgehead atoms. The van der Waals surface area contributed by atoms with Gasteiger partial charge in [-0.25, -0.2) is 13.1 Å². The van der Waals surface area contributed by atoms with Gasteiger partial charge in [0.2, 0.25) is 10.0 Å². The summed E-state index contributed by atoms with van der Waals surface area (Å²) >= 11 is 0. The third-order valence-corrected chi connectivity index (χ3v) is 4.18. The Morgan fingerprint density at radius 1 is 1.18 bits per heavy atom. The molecule has 2 N–H and O–H groups in total. The van der Waals surface area contributed by atoms with Gasteiger partial charge >= 0.3 is 5.97 Å². The standard InChI is InChI=1S/C11H23NO4S/c1-8(2)10(9(3)4)7-12-17(15,16)6-5-11(13)14/h8-10,12H,5-7H2,1-4H3,(H,13,14). The van der Waals surface area contributed by atoms with E-state index in [9.17, 15) is 13.2 Å². The molecule has 102 valence electrons. The molecule has 0 unspecified atom stereocenters. The molecule has 0 fully saturated rings. The Bertz CT molecular complexity index is 327. The predicted molar refractivity (Wildman–Crippen MR) is 67.2 cm³/mol. The van der Waals surface area contributed by atoms with Crippen LogP contribution in [0.3, 0.4) is 0 Å². The lowest BCUT2D eigenvalue weighted by molar-refractivity contribution is -0.136. The molecule has 0 aliphatic carbocycles. The van der Waals surface area contributed by atoms with Crippen molar-refractivity contribution in [2.24, 2.45) is 17.8 Å². The number of carboxylic acids is 1. The van der Waals surface area contributed by atoms with E-state index in [1.165, 1.54) is 0 Å². The highest BCUT2D eigenvalue weighted by molar-refractivity contribution is 7.89. The van der Waals surface area contributed by atoms with E-state index in [0.29, 0.717) is 18.4 Å². The summed E-state index contributed by atoms with van der Waals surface area (Å²) in [7, 11) is -3.47. The van der Waals surface area contributed by atoms with E-state index in [1.807, 2.05) is 0 Å². The lowest BCUT2D eigenvalue weighted by atomic mass is 9.86. The van der Waals surface area contributed by atoms with E-state index in [1.54, 1.807) is 0 Å². The Morgan fingerprint density at radius 2 is 1.65 bits per heavy atom. The highest BCUT2D eigenvalue weighted by Crippen LogP contribution is 2.19. The van der Waals surface area contributed by atoms with Crippen LogP contribution in [0.4, 0.5) is 0 Å². The third-order valence-electron chi connectivity index (χ3n) is 2.84. The average molecular weight is 265 g/mol. The summed E-state index contributed by atoms with van der Waals surface area (Å²) in [5.74, 6) is -0.422. The van der Waals surface area contributed by atoms with E-state index in [-0.39, 0.29) is 18.1 Å². The molecule has 0 aliphatic rings. The Labute approximate surface area is 104 Å². The fourth-order valence-corrected chi connectivity index (χ4v) is 2.79. The van der Waals surface area contributed by atoms with Gasteiger partial charge in [-0.15, -0.1) is 0 Å². The molecule has 0 heterocycles. The maximum absolute atomic E-state index is 11.5. The van der Waals surface area contributed by atoms with Crippen LogP contribution >= 0.6 is 0 Å². The zero-order valence-corrected chi connectivity index (χ0v) is 11.8. The smallest absolute Gasteiger partial charge is 0.304 e. The molecule has 0 rings (SSSR count). The molecule has 0 saturated heterocycles. The fraction of sp³-hybridized carbons (Fsp3) is 0.909. The summed E-state index contributed by atoms with van der Waals surface area (Å²) in [6.07, 6.45) is -0.358. The summed E-state index contributed by atoms with van der Waals surface area (Å²) in [6, 6.07) is 0. The van der Waals surface area contributed by atoms with Crippen molar-refractivity contribution in [3.63, 3.8) is 0 Å². The molecule has 0 aromatic heterocycles. The van der Waals surface area contributed by atoms with Crippen LogP contribution in [-0.2, 0) is 14.8 Å². The number of nitrogens with one attached hydrogen (secondary N) is 1. The topological polar surface area (TPSA) is 83.5 Å². The largest absolute Gasteiger partial charge is 0.481 e. The van der Waals surface area contributed by atoms with Crippen LogP contribution in [0.25, 0.3) is 0 Å². The first kappa shape index (κ1) is 16.4. The van der Waals surface area contributed by atoms with Gasteiger partial charge in [0.05, 0.1) is 12.2 Å². The molecule has 5 nitrogen and oxygen atoms in total. The van der Waals surface area contributed by atoms with Gasteiger partial charge in [0.25, 0.3) is 0 Å². The Kier molecular flexibility index (Phi) is 6.70. The summed E-state index contributed by atoms with van der Waals surface area (Å²) in [5.41, 5.74) is 0. The molecule has 0 aliphatic heterocycles. The molecule has 0 amide bonds. The monoisotopic (exact) mass is 265 g/mol. The van der Waals surface area contributed by atoms with Crippen LogP contribution in [0.5, 0.6) is 0 Å². The van der Waals surface area contributed by atoms with Crippen molar-refractivity contribution >= 4 is 16.0 Å². The summed E-state index contributed by atoms with van der Waals surface area (Å²) < 4.78 is 25.5. The van der Waals surface area contributed by atoms with Crippen molar-refractivity contribution < 1.29 is 18.3 Å². The summed E-state index contributed by atoms with van der Waals surface area (Å²) in [5, 5.41) is 8.44. The summed E-state index contributed by atoms with van der Waals surface area (Å²) in [6.45, 7) is 8.58. The molecule has 0 atom stereocenters. The van der Waals surface area contributed by atoms with Gasteiger partial charge < -0.3 is 5.11 Å². The van der Waals surface area contributed by atoms with Gasteiger partial charge in [-0.05, 0) is 17.8 Å². The Balaban J connectivity index is 4.29. The molecule has 17 heavy (non-hydrogen) atoms. The van der Waals surface area contributed by atoms with E-state index >= 15 is 0 Å². The number of aliphatic carboxylic acids is 1. The van der Waals surface area contributed by atoms with Gasteiger partial charge in [-0.2, -0.15) is 0 Å². The first-order chi connectivity index (χ1) is 7.65. The second-order valence-electron chi connectivity index (χ2n) is 4.96. The maximum Gasteiger partial charge on any atom is 0.304 e. The Hall–Kier alpha value is -0.620. The maximum atomic E-state index is 11.5. The SMILES string of the molecule is CC(C)C(CNS(=O)(=O)CCC(=O)O)C(C)C. The summed E-state index contributed by atoms with van der Waals surface area (Å²) in [4.78, 5) is 10.3. The first-order valence-corrected chi connectivity index (χ1v) is 7.50. The van der Waals surface area contributed by atoms with E-state index in [0.717, 1.165) is 0 Å². The van der Waals surface area contributed by atoms with Crippen LogP contribution in [0, 0.1) is 17.8 Å². The number of hydrogen-bond acceptors (Lipinski definition) is 3. The fourth-order valence-electron chi connectivity index (χ4n) is 1.76. The van der Waals surface area contributed by atoms with Crippen molar-refractivity contribution in [3.8, 4) is 0 Å². The van der Waals surface area contributed by atoms with Crippen molar-refractivity contribution in [2.75, 3.05) is 12.3 Å². The number of sulfonamides is 1. The number of hydrogen-bond donors (Lipinski definition) is 2. The van der Waals surface area contributed by atoms with Crippen LogP contribution in [0.1, 0.15) is 34.1 Å². The zero-order valence-electron chi connectivity index (χ0n) is 10.9. The molecule has 0 spiro atoms. The minimum atomic E-state index is -3.47. The highest BCUT2D eigenvalue weighted by Gasteiger charge is 2.20. The second-order valence-corrected chi connectivity index (χ2v) is 6.89. The molecule has 0 saturated carbocycles. The predicted octanol–water partition coefficient (Wildman–Crippen LogP) is 1.31. The lowest BCUT2D eigenvalue weighted by Gasteiger charge is -2.24. The normalized spacial score (nSPS) is 12.6. The van der Waals surface area contributed by atoms with Gasteiger partial charge in [0, 0.05) is 6.54 Å². The molecular formula is C11H23NO4S. The van der Waals surface area contributed by atoms with Crippen LogP contribution in [-0.4, -0.2) is 31.8 Å². The lowest BCUT2D eigenvalue weighted by Crippen LogP contribution is -2.35.